The van der Waals surface area contributed by atoms with Crippen molar-refractivity contribution in [1.29, 1.82) is 0 Å². The van der Waals surface area contributed by atoms with E-state index in [-0.39, 0.29) is 12.6 Å². The maximum atomic E-state index is 10.9. The predicted octanol–water partition coefficient (Wildman–Crippen LogP) is 1.44. The molecule has 1 aromatic rings. The Kier molecular flexibility index (Phi) is 3.52. The van der Waals surface area contributed by atoms with Gasteiger partial charge in [0.15, 0.2) is 17.3 Å². The van der Waals surface area contributed by atoms with Crippen LogP contribution in [0.2, 0.25) is 0 Å². The second kappa shape index (κ2) is 5.27. The lowest BCUT2D eigenvalue weighted by Crippen LogP contribution is -2.14. The fourth-order valence-corrected chi connectivity index (χ4v) is 1.51. The number of amides is 1. The first kappa shape index (κ1) is 12.0. The van der Waals surface area contributed by atoms with Gasteiger partial charge in [-0.1, -0.05) is 18.2 Å². The number of rotatable bonds is 4. The van der Waals surface area contributed by atoms with Gasteiger partial charge in [-0.2, -0.15) is 0 Å². The van der Waals surface area contributed by atoms with E-state index in [4.69, 9.17) is 19.9 Å². The molecule has 5 heteroatoms. The average Bonchev–Trinajstić information content (AvgIpc) is 2.81. The van der Waals surface area contributed by atoms with Gasteiger partial charge in [0, 0.05) is 0 Å². The Labute approximate surface area is 104 Å². The van der Waals surface area contributed by atoms with Crippen molar-refractivity contribution in [3.63, 3.8) is 0 Å². The number of allylic oxidation sites excluding steroid dienone is 2. The lowest BCUT2D eigenvalue weighted by Gasteiger charge is -1.99. The van der Waals surface area contributed by atoms with Crippen LogP contribution < -0.4 is 15.2 Å². The van der Waals surface area contributed by atoms with Gasteiger partial charge in [-0.3, -0.25) is 4.79 Å². The molecule has 0 atom stereocenters. The Morgan fingerprint density at radius 1 is 1.39 bits per heavy atom. The lowest BCUT2D eigenvalue weighted by atomic mass is 10.2. The molecule has 18 heavy (non-hydrogen) atoms. The van der Waals surface area contributed by atoms with Crippen molar-refractivity contribution >= 4 is 12.0 Å². The molecule has 0 radical (unpaired) electrons. The highest BCUT2D eigenvalue weighted by molar-refractivity contribution is 5.90. The zero-order valence-corrected chi connectivity index (χ0v) is 9.88. The molecule has 2 rings (SSSR count). The molecule has 0 fully saturated rings. The Morgan fingerprint density at radius 3 is 2.89 bits per heavy atom. The van der Waals surface area contributed by atoms with Gasteiger partial charge < -0.3 is 19.9 Å². The van der Waals surface area contributed by atoms with Crippen LogP contribution in [0.3, 0.4) is 0 Å². The molecule has 0 saturated heterocycles. The summed E-state index contributed by atoms with van der Waals surface area (Å²) in [6, 6.07) is 5.56. The molecule has 1 aliphatic rings. The van der Waals surface area contributed by atoms with E-state index in [0.29, 0.717) is 5.75 Å². The summed E-state index contributed by atoms with van der Waals surface area (Å²) in [5.74, 6) is 0.945. The Bertz CT molecular complexity index is 520. The van der Waals surface area contributed by atoms with Crippen molar-refractivity contribution in [2.75, 3.05) is 13.9 Å². The number of hydrogen-bond donors (Lipinski definition) is 1. The number of carbonyl (C=O) groups is 1. The van der Waals surface area contributed by atoms with Crippen LogP contribution >= 0.6 is 0 Å². The van der Waals surface area contributed by atoms with Gasteiger partial charge in [0.05, 0.1) is 7.11 Å². The van der Waals surface area contributed by atoms with Crippen LogP contribution in [-0.2, 0) is 9.53 Å². The number of nitrogens with two attached hydrogens (primary N) is 1. The molecule has 0 aliphatic carbocycles. The summed E-state index contributed by atoms with van der Waals surface area (Å²) in [5, 5.41) is 0. The third kappa shape index (κ3) is 2.63. The molecule has 0 aromatic heterocycles. The molecule has 1 heterocycles. The van der Waals surface area contributed by atoms with Crippen molar-refractivity contribution in [3.8, 4) is 11.5 Å². The fourth-order valence-electron chi connectivity index (χ4n) is 1.51. The second-order valence-corrected chi connectivity index (χ2v) is 3.57. The third-order valence-electron chi connectivity index (χ3n) is 2.40. The monoisotopic (exact) mass is 247 g/mol. The minimum absolute atomic E-state index is 0.104. The third-order valence-corrected chi connectivity index (χ3v) is 2.40. The van der Waals surface area contributed by atoms with Crippen LogP contribution in [0.25, 0.3) is 6.08 Å². The van der Waals surface area contributed by atoms with E-state index in [1.165, 1.54) is 13.2 Å². The summed E-state index contributed by atoms with van der Waals surface area (Å²) in [6.45, 7) is 0.248. The first-order chi connectivity index (χ1) is 8.70. The van der Waals surface area contributed by atoms with Crippen LogP contribution in [0.5, 0.6) is 11.5 Å². The summed E-state index contributed by atoms with van der Waals surface area (Å²) in [4.78, 5) is 10.9. The Morgan fingerprint density at radius 2 is 2.17 bits per heavy atom. The smallest absolute Gasteiger partial charge is 0.283 e. The molecule has 1 aliphatic heterocycles. The standard InChI is InChI=1S/C13H13NO4/c1-16-11(13(14)15)4-2-3-9-5-6-10-12(7-9)18-8-17-10/h2-7H,8H2,1H3,(H2,14,15). The maximum absolute atomic E-state index is 10.9. The minimum Gasteiger partial charge on any atom is -0.491 e. The topological polar surface area (TPSA) is 70.8 Å². The average molecular weight is 247 g/mol. The van der Waals surface area contributed by atoms with Gasteiger partial charge >= 0.3 is 0 Å². The normalized spacial score (nSPS) is 13.9. The highest BCUT2D eigenvalue weighted by atomic mass is 16.7. The van der Waals surface area contributed by atoms with E-state index in [0.717, 1.165) is 11.3 Å². The quantitative estimate of drug-likeness (QED) is 0.496. The Hall–Kier alpha value is -2.43. The van der Waals surface area contributed by atoms with Crippen LogP contribution in [0.15, 0.2) is 36.1 Å². The number of primary amides is 1. The van der Waals surface area contributed by atoms with Crippen molar-refractivity contribution < 1.29 is 19.0 Å². The Balaban J connectivity index is 2.12. The maximum Gasteiger partial charge on any atom is 0.283 e. The van der Waals surface area contributed by atoms with Crippen LogP contribution in [-0.4, -0.2) is 19.8 Å². The minimum atomic E-state index is -0.604. The first-order valence-corrected chi connectivity index (χ1v) is 5.32. The molecule has 1 amide bonds. The molecule has 94 valence electrons. The van der Waals surface area contributed by atoms with Gasteiger partial charge in [-0.25, -0.2) is 0 Å². The van der Waals surface area contributed by atoms with Gasteiger partial charge in [0.2, 0.25) is 6.79 Å². The van der Waals surface area contributed by atoms with E-state index < -0.39 is 5.91 Å². The van der Waals surface area contributed by atoms with Gasteiger partial charge in [-0.05, 0) is 23.8 Å². The highest BCUT2D eigenvalue weighted by Gasteiger charge is 2.11. The van der Waals surface area contributed by atoms with Crippen molar-refractivity contribution in [2.24, 2.45) is 5.73 Å². The second-order valence-electron chi connectivity index (χ2n) is 3.57. The van der Waals surface area contributed by atoms with Crippen LogP contribution in [0.1, 0.15) is 5.56 Å². The van der Waals surface area contributed by atoms with E-state index in [9.17, 15) is 4.79 Å². The number of benzene rings is 1. The van der Waals surface area contributed by atoms with Gasteiger partial charge in [0.25, 0.3) is 5.91 Å². The zero-order valence-electron chi connectivity index (χ0n) is 9.88. The number of methoxy groups -OCH3 is 1. The van der Waals surface area contributed by atoms with Crippen molar-refractivity contribution in [3.05, 3.63) is 41.7 Å². The SMILES string of the molecule is COC(=CC=Cc1ccc2c(c1)OCO2)C(N)=O. The van der Waals surface area contributed by atoms with E-state index in [1.54, 1.807) is 6.08 Å². The molecular formula is C13H13NO4. The van der Waals surface area contributed by atoms with Crippen molar-refractivity contribution in [1.82, 2.24) is 0 Å². The summed E-state index contributed by atoms with van der Waals surface area (Å²) in [5.41, 5.74) is 6.02. The summed E-state index contributed by atoms with van der Waals surface area (Å²) < 4.78 is 15.3. The fraction of sp³-hybridized carbons (Fsp3) is 0.154. The zero-order chi connectivity index (χ0) is 13.0. The predicted molar refractivity (Wildman–Crippen MR) is 65.9 cm³/mol. The molecule has 0 bridgehead atoms. The molecule has 2 N–H and O–H groups in total. The lowest BCUT2D eigenvalue weighted by molar-refractivity contribution is -0.117. The van der Waals surface area contributed by atoms with Gasteiger partial charge in [0.1, 0.15) is 0 Å². The van der Waals surface area contributed by atoms with E-state index in [2.05, 4.69) is 0 Å². The number of carbonyl (C=O) groups excluding carboxylic acids is 1. The van der Waals surface area contributed by atoms with Crippen LogP contribution in [0.4, 0.5) is 0 Å². The summed E-state index contributed by atoms with van der Waals surface area (Å²) >= 11 is 0. The largest absolute Gasteiger partial charge is 0.491 e. The summed E-state index contributed by atoms with van der Waals surface area (Å²) in [7, 11) is 1.39. The van der Waals surface area contributed by atoms with Crippen LogP contribution in [0, 0.1) is 0 Å². The number of ether oxygens (including phenoxy) is 3. The first-order valence-electron chi connectivity index (χ1n) is 5.32. The van der Waals surface area contributed by atoms with E-state index in [1.807, 2.05) is 24.3 Å². The number of fused-ring (bicyclic) bond motifs is 1. The molecular weight excluding hydrogens is 234 g/mol. The molecule has 0 saturated carbocycles. The molecule has 5 nitrogen and oxygen atoms in total. The number of hydrogen-bond acceptors (Lipinski definition) is 4. The van der Waals surface area contributed by atoms with E-state index >= 15 is 0 Å². The molecule has 0 unspecified atom stereocenters. The summed E-state index contributed by atoms with van der Waals surface area (Å²) in [6.07, 6.45) is 5.00. The van der Waals surface area contributed by atoms with Crippen molar-refractivity contribution in [2.45, 2.75) is 0 Å². The molecule has 0 spiro atoms. The molecule has 1 aromatic carbocycles. The van der Waals surface area contributed by atoms with Gasteiger partial charge in [-0.15, -0.1) is 0 Å². The highest BCUT2D eigenvalue weighted by Crippen LogP contribution is 2.32.